The lowest BCUT2D eigenvalue weighted by atomic mass is 10.2. The summed E-state index contributed by atoms with van der Waals surface area (Å²) in [5.74, 6) is -1.13. The fourth-order valence-electron chi connectivity index (χ4n) is 2.55. The Morgan fingerprint density at radius 1 is 1.03 bits per heavy atom. The second-order valence-electron chi connectivity index (χ2n) is 6.49. The lowest BCUT2D eigenvalue weighted by Crippen LogP contribution is -2.37. The average Bonchev–Trinajstić information content (AvgIpc) is 2.75. The molecule has 0 saturated carbocycles. The van der Waals surface area contributed by atoms with Crippen molar-refractivity contribution in [2.24, 2.45) is 5.10 Å². The van der Waals surface area contributed by atoms with Gasteiger partial charge in [-0.25, -0.2) is 5.43 Å². The van der Waals surface area contributed by atoms with Crippen LogP contribution in [0.5, 0.6) is 11.5 Å². The van der Waals surface area contributed by atoms with Crippen molar-refractivity contribution in [1.82, 2.24) is 10.7 Å². The molecule has 32 heavy (non-hydrogen) atoms. The van der Waals surface area contributed by atoms with Crippen molar-refractivity contribution in [2.45, 2.75) is 20.8 Å². The van der Waals surface area contributed by atoms with Gasteiger partial charge in [-0.1, -0.05) is 15.9 Å². The number of ether oxygens (including phenoxy) is 2. The number of aryl methyl sites for hydroxylation is 1. The van der Waals surface area contributed by atoms with Gasteiger partial charge in [-0.3, -0.25) is 14.4 Å². The Bertz CT molecular complexity index is 1010. The minimum Gasteiger partial charge on any atom is -0.490 e. The summed E-state index contributed by atoms with van der Waals surface area (Å²) in [5.41, 5.74) is 4.37. The third-order valence-electron chi connectivity index (χ3n) is 4.01. The van der Waals surface area contributed by atoms with E-state index in [1.807, 2.05) is 32.0 Å². The van der Waals surface area contributed by atoms with E-state index in [0.717, 1.165) is 10.0 Å². The fraction of sp³-hybridized carbons (Fsp3) is 0.273. The highest BCUT2D eigenvalue weighted by Gasteiger charge is 2.12. The molecule has 0 spiro atoms. The predicted octanol–water partition coefficient (Wildman–Crippen LogP) is 2.76. The molecule has 0 bridgehead atoms. The van der Waals surface area contributed by atoms with Gasteiger partial charge in [0.15, 0.2) is 18.1 Å². The number of amides is 3. The highest BCUT2D eigenvalue weighted by atomic mass is 79.9. The van der Waals surface area contributed by atoms with Gasteiger partial charge >= 0.3 is 11.8 Å². The van der Waals surface area contributed by atoms with Crippen LogP contribution in [-0.4, -0.2) is 43.7 Å². The Morgan fingerprint density at radius 3 is 2.50 bits per heavy atom. The highest BCUT2D eigenvalue weighted by molar-refractivity contribution is 9.10. The number of anilines is 1. The van der Waals surface area contributed by atoms with Gasteiger partial charge in [0, 0.05) is 16.7 Å². The Balaban J connectivity index is 1.99. The van der Waals surface area contributed by atoms with E-state index < -0.39 is 11.8 Å². The molecular formula is C22H25BrN4O5. The summed E-state index contributed by atoms with van der Waals surface area (Å²) in [6, 6.07) is 10.5. The SMILES string of the molecule is CCNC(=O)C(=O)N/N=C\c1ccc(OCC(=O)Nc2ccc(Br)cc2C)c(OCC)c1. The summed E-state index contributed by atoms with van der Waals surface area (Å²) in [5, 5.41) is 8.94. The van der Waals surface area contributed by atoms with Crippen molar-refractivity contribution in [1.29, 1.82) is 0 Å². The minimum atomic E-state index is -0.861. The summed E-state index contributed by atoms with van der Waals surface area (Å²) in [6.45, 7) is 5.95. The molecule has 3 amide bonds. The van der Waals surface area contributed by atoms with Crippen LogP contribution < -0.4 is 25.5 Å². The molecule has 0 radical (unpaired) electrons. The molecule has 0 atom stereocenters. The zero-order chi connectivity index (χ0) is 23.5. The van der Waals surface area contributed by atoms with Crippen molar-refractivity contribution in [2.75, 3.05) is 25.1 Å². The van der Waals surface area contributed by atoms with Crippen LogP contribution in [-0.2, 0) is 14.4 Å². The third kappa shape index (κ3) is 7.69. The molecule has 0 aliphatic heterocycles. The van der Waals surface area contributed by atoms with Gasteiger partial charge < -0.3 is 20.1 Å². The van der Waals surface area contributed by atoms with E-state index in [0.29, 0.717) is 35.9 Å². The molecule has 170 valence electrons. The van der Waals surface area contributed by atoms with Crippen LogP contribution in [0.3, 0.4) is 0 Å². The number of hydrogen-bond donors (Lipinski definition) is 3. The number of hydrazone groups is 1. The molecule has 0 heterocycles. The van der Waals surface area contributed by atoms with E-state index in [4.69, 9.17) is 9.47 Å². The first-order chi connectivity index (χ1) is 15.3. The fourth-order valence-corrected chi connectivity index (χ4v) is 3.02. The van der Waals surface area contributed by atoms with Gasteiger partial charge in [-0.15, -0.1) is 0 Å². The van der Waals surface area contributed by atoms with E-state index in [2.05, 4.69) is 37.1 Å². The predicted molar refractivity (Wildman–Crippen MR) is 125 cm³/mol. The number of carbonyl (C=O) groups is 3. The molecule has 0 aromatic heterocycles. The lowest BCUT2D eigenvalue weighted by Gasteiger charge is -2.13. The first-order valence-electron chi connectivity index (χ1n) is 9.90. The molecule has 2 aromatic carbocycles. The van der Waals surface area contributed by atoms with Gasteiger partial charge in [0.25, 0.3) is 5.91 Å². The maximum atomic E-state index is 12.3. The minimum absolute atomic E-state index is 0.203. The summed E-state index contributed by atoms with van der Waals surface area (Å²) in [6.07, 6.45) is 1.37. The number of carbonyl (C=O) groups excluding carboxylic acids is 3. The van der Waals surface area contributed by atoms with Crippen LogP contribution in [0.4, 0.5) is 5.69 Å². The Labute approximate surface area is 194 Å². The maximum Gasteiger partial charge on any atom is 0.329 e. The molecule has 9 nitrogen and oxygen atoms in total. The second-order valence-corrected chi connectivity index (χ2v) is 7.41. The van der Waals surface area contributed by atoms with E-state index in [1.165, 1.54) is 6.21 Å². The number of halogens is 1. The smallest absolute Gasteiger partial charge is 0.329 e. The average molecular weight is 505 g/mol. The number of nitrogens with zero attached hydrogens (tertiary/aromatic N) is 1. The molecule has 10 heteroatoms. The molecule has 0 fully saturated rings. The first-order valence-corrected chi connectivity index (χ1v) is 10.7. The molecule has 0 aliphatic carbocycles. The Kier molecular flexibility index (Phi) is 9.68. The largest absolute Gasteiger partial charge is 0.490 e. The van der Waals surface area contributed by atoms with Gasteiger partial charge in [0.1, 0.15) is 0 Å². The number of hydrogen-bond acceptors (Lipinski definition) is 6. The van der Waals surface area contributed by atoms with Gasteiger partial charge in [0.05, 0.1) is 12.8 Å². The van der Waals surface area contributed by atoms with Crippen molar-refractivity contribution < 1.29 is 23.9 Å². The normalized spacial score (nSPS) is 10.5. The monoisotopic (exact) mass is 504 g/mol. The molecule has 0 unspecified atom stereocenters. The van der Waals surface area contributed by atoms with Gasteiger partial charge in [-0.05, 0) is 68.3 Å². The zero-order valence-corrected chi connectivity index (χ0v) is 19.6. The number of rotatable bonds is 9. The number of likely N-dealkylation sites (N-methyl/N-ethyl adjacent to an activating group) is 1. The Morgan fingerprint density at radius 2 is 1.81 bits per heavy atom. The molecule has 2 rings (SSSR count). The van der Waals surface area contributed by atoms with Crippen LogP contribution in [0.25, 0.3) is 0 Å². The van der Waals surface area contributed by atoms with Crippen LogP contribution in [0, 0.1) is 6.92 Å². The molecule has 0 aliphatic rings. The highest BCUT2D eigenvalue weighted by Crippen LogP contribution is 2.28. The van der Waals surface area contributed by atoms with Crippen LogP contribution in [0.15, 0.2) is 46.0 Å². The van der Waals surface area contributed by atoms with E-state index in [-0.39, 0.29) is 12.5 Å². The Hall–Kier alpha value is -3.40. The second kappa shape index (κ2) is 12.5. The quantitative estimate of drug-likeness (QED) is 0.275. The van der Waals surface area contributed by atoms with E-state index in [9.17, 15) is 14.4 Å². The van der Waals surface area contributed by atoms with Gasteiger partial charge in [0.2, 0.25) is 0 Å². The van der Waals surface area contributed by atoms with E-state index >= 15 is 0 Å². The van der Waals surface area contributed by atoms with Gasteiger partial charge in [-0.2, -0.15) is 5.10 Å². The van der Waals surface area contributed by atoms with Crippen molar-refractivity contribution in [3.63, 3.8) is 0 Å². The van der Waals surface area contributed by atoms with Crippen LogP contribution >= 0.6 is 15.9 Å². The third-order valence-corrected chi connectivity index (χ3v) is 4.51. The summed E-state index contributed by atoms with van der Waals surface area (Å²) >= 11 is 3.39. The molecule has 2 aromatic rings. The summed E-state index contributed by atoms with van der Waals surface area (Å²) < 4.78 is 12.1. The summed E-state index contributed by atoms with van der Waals surface area (Å²) in [4.78, 5) is 35.2. The molecule has 0 saturated heterocycles. The van der Waals surface area contributed by atoms with Crippen molar-refractivity contribution in [3.05, 3.63) is 52.0 Å². The standard InChI is InChI=1S/C22H25BrN4O5/c1-4-24-21(29)22(30)27-25-12-15-6-9-18(19(11-15)31-5-2)32-13-20(28)26-17-8-7-16(23)10-14(17)3/h6-12H,4-5,13H2,1-3H3,(H,24,29)(H,26,28)(H,27,30)/b25-12-. The zero-order valence-electron chi connectivity index (χ0n) is 18.0. The molecular weight excluding hydrogens is 480 g/mol. The van der Waals surface area contributed by atoms with Crippen molar-refractivity contribution >= 4 is 45.6 Å². The van der Waals surface area contributed by atoms with Crippen molar-refractivity contribution in [3.8, 4) is 11.5 Å². The topological polar surface area (TPSA) is 118 Å². The van der Waals surface area contributed by atoms with Crippen LogP contribution in [0.2, 0.25) is 0 Å². The lowest BCUT2D eigenvalue weighted by molar-refractivity contribution is -0.139. The van der Waals surface area contributed by atoms with Crippen LogP contribution in [0.1, 0.15) is 25.0 Å². The summed E-state index contributed by atoms with van der Waals surface area (Å²) in [7, 11) is 0. The number of nitrogens with one attached hydrogen (secondary N) is 3. The maximum absolute atomic E-state index is 12.3. The molecule has 3 N–H and O–H groups in total. The first kappa shape index (κ1) is 24.9. The number of benzene rings is 2. The van der Waals surface area contributed by atoms with E-state index in [1.54, 1.807) is 25.1 Å².